The van der Waals surface area contributed by atoms with Crippen molar-refractivity contribution in [2.75, 3.05) is 10.6 Å². The summed E-state index contributed by atoms with van der Waals surface area (Å²) in [6.07, 6.45) is 2.92. The smallest absolute Gasteiger partial charge is 0.257 e. The Hall–Kier alpha value is -2.40. The van der Waals surface area contributed by atoms with Crippen LogP contribution in [-0.4, -0.2) is 16.8 Å². The Morgan fingerprint density at radius 2 is 1.95 bits per heavy atom. The number of anilines is 2. The Kier molecular flexibility index (Phi) is 4.55. The highest BCUT2D eigenvalue weighted by atomic mass is 35.5. The molecule has 1 aromatic carbocycles. The van der Waals surface area contributed by atoms with Crippen molar-refractivity contribution in [2.45, 2.75) is 13.8 Å². The lowest BCUT2D eigenvalue weighted by molar-refractivity contribution is -0.114. The zero-order valence-corrected chi connectivity index (χ0v) is 12.4. The van der Waals surface area contributed by atoms with Crippen LogP contribution in [0.3, 0.4) is 0 Å². The molecule has 0 saturated heterocycles. The van der Waals surface area contributed by atoms with Crippen molar-refractivity contribution in [2.24, 2.45) is 0 Å². The standard InChI is InChI=1S/C15H14ClN3O2/c1-9-7-11(3-4-14(9)18-10(2)20)19-15(21)12-5-6-17-8-13(12)16/h3-8H,1-2H3,(H,18,20)(H,19,21). The Bertz CT molecular complexity index is 701. The fraction of sp³-hybridized carbons (Fsp3) is 0.133. The van der Waals surface area contributed by atoms with Crippen LogP contribution in [0.1, 0.15) is 22.8 Å². The molecule has 0 saturated carbocycles. The average Bonchev–Trinajstić information content (AvgIpc) is 2.42. The molecule has 0 aliphatic heterocycles. The minimum absolute atomic E-state index is 0.140. The molecule has 5 nitrogen and oxygen atoms in total. The summed E-state index contributed by atoms with van der Waals surface area (Å²) >= 11 is 5.93. The third-order valence-corrected chi connectivity index (χ3v) is 3.11. The van der Waals surface area contributed by atoms with Gasteiger partial charge in [0.15, 0.2) is 0 Å². The lowest BCUT2D eigenvalue weighted by Gasteiger charge is -2.10. The predicted octanol–water partition coefficient (Wildman–Crippen LogP) is 3.25. The van der Waals surface area contributed by atoms with E-state index in [1.807, 2.05) is 6.92 Å². The maximum atomic E-state index is 12.1. The van der Waals surface area contributed by atoms with Crippen LogP contribution in [-0.2, 0) is 4.79 Å². The summed E-state index contributed by atoms with van der Waals surface area (Å²) < 4.78 is 0. The number of hydrogen-bond acceptors (Lipinski definition) is 3. The Labute approximate surface area is 127 Å². The maximum Gasteiger partial charge on any atom is 0.257 e. The summed E-state index contributed by atoms with van der Waals surface area (Å²) in [5.41, 5.74) is 2.54. The van der Waals surface area contributed by atoms with E-state index < -0.39 is 0 Å². The number of rotatable bonds is 3. The monoisotopic (exact) mass is 303 g/mol. The highest BCUT2D eigenvalue weighted by Gasteiger charge is 2.11. The SMILES string of the molecule is CC(=O)Nc1ccc(NC(=O)c2ccncc2Cl)cc1C. The van der Waals surface area contributed by atoms with Crippen LogP contribution in [0.25, 0.3) is 0 Å². The van der Waals surface area contributed by atoms with Gasteiger partial charge >= 0.3 is 0 Å². The Morgan fingerprint density at radius 1 is 1.19 bits per heavy atom. The first-order chi connectivity index (χ1) is 9.97. The molecule has 0 aliphatic rings. The molecular formula is C15H14ClN3O2. The van der Waals surface area contributed by atoms with E-state index in [1.165, 1.54) is 19.3 Å². The summed E-state index contributed by atoms with van der Waals surface area (Å²) in [6, 6.07) is 6.78. The van der Waals surface area contributed by atoms with E-state index in [0.29, 0.717) is 22.0 Å². The van der Waals surface area contributed by atoms with Gasteiger partial charge in [-0.25, -0.2) is 0 Å². The van der Waals surface area contributed by atoms with Crippen LogP contribution in [0.5, 0.6) is 0 Å². The molecule has 0 aliphatic carbocycles. The number of nitrogens with one attached hydrogen (secondary N) is 2. The van der Waals surface area contributed by atoms with E-state index in [0.717, 1.165) is 5.56 Å². The number of carbonyl (C=O) groups excluding carboxylic acids is 2. The lowest BCUT2D eigenvalue weighted by atomic mass is 10.1. The number of benzene rings is 1. The van der Waals surface area contributed by atoms with E-state index in [2.05, 4.69) is 15.6 Å². The second-order valence-corrected chi connectivity index (χ2v) is 4.93. The summed E-state index contributed by atoms with van der Waals surface area (Å²) in [5.74, 6) is -0.451. The number of pyridine rings is 1. The van der Waals surface area contributed by atoms with Crippen molar-refractivity contribution in [3.05, 3.63) is 52.8 Å². The predicted molar refractivity (Wildman–Crippen MR) is 82.7 cm³/mol. The van der Waals surface area contributed by atoms with E-state index >= 15 is 0 Å². The molecule has 2 aromatic rings. The number of aryl methyl sites for hydroxylation is 1. The van der Waals surface area contributed by atoms with Crippen LogP contribution in [0.15, 0.2) is 36.7 Å². The molecule has 0 unspecified atom stereocenters. The van der Waals surface area contributed by atoms with Crippen LogP contribution in [0, 0.1) is 6.92 Å². The maximum absolute atomic E-state index is 12.1. The van der Waals surface area contributed by atoms with Gasteiger partial charge in [-0.15, -0.1) is 0 Å². The van der Waals surface area contributed by atoms with Gasteiger partial charge in [0.25, 0.3) is 5.91 Å². The first-order valence-electron chi connectivity index (χ1n) is 6.26. The molecule has 6 heteroatoms. The second-order valence-electron chi connectivity index (χ2n) is 4.52. The number of nitrogens with zero attached hydrogens (tertiary/aromatic N) is 1. The van der Waals surface area contributed by atoms with Gasteiger partial charge in [0.2, 0.25) is 5.91 Å². The number of hydrogen-bond donors (Lipinski definition) is 2. The van der Waals surface area contributed by atoms with Gasteiger partial charge in [-0.3, -0.25) is 14.6 Å². The molecule has 0 spiro atoms. The van der Waals surface area contributed by atoms with Crippen LogP contribution >= 0.6 is 11.6 Å². The fourth-order valence-electron chi connectivity index (χ4n) is 1.83. The van der Waals surface area contributed by atoms with E-state index in [9.17, 15) is 9.59 Å². The fourth-order valence-corrected chi connectivity index (χ4v) is 2.03. The van der Waals surface area contributed by atoms with Crippen LogP contribution in [0.2, 0.25) is 5.02 Å². The topological polar surface area (TPSA) is 71.1 Å². The first-order valence-corrected chi connectivity index (χ1v) is 6.64. The molecule has 0 radical (unpaired) electrons. The molecule has 1 heterocycles. The number of aromatic nitrogens is 1. The van der Waals surface area contributed by atoms with Gasteiger partial charge in [0, 0.05) is 30.7 Å². The van der Waals surface area contributed by atoms with Crippen LogP contribution in [0.4, 0.5) is 11.4 Å². The minimum Gasteiger partial charge on any atom is -0.326 e. The van der Waals surface area contributed by atoms with Gasteiger partial charge in [-0.2, -0.15) is 0 Å². The summed E-state index contributed by atoms with van der Waals surface area (Å²) in [4.78, 5) is 27.0. The number of halogens is 1. The van der Waals surface area contributed by atoms with Crippen molar-refractivity contribution >= 4 is 34.8 Å². The van der Waals surface area contributed by atoms with E-state index in [-0.39, 0.29) is 11.8 Å². The van der Waals surface area contributed by atoms with E-state index in [1.54, 1.807) is 24.3 Å². The molecule has 21 heavy (non-hydrogen) atoms. The van der Waals surface area contributed by atoms with Crippen molar-refractivity contribution in [3.63, 3.8) is 0 Å². The molecule has 2 N–H and O–H groups in total. The number of amides is 2. The van der Waals surface area contributed by atoms with Crippen molar-refractivity contribution < 1.29 is 9.59 Å². The quantitative estimate of drug-likeness (QED) is 0.914. The van der Waals surface area contributed by atoms with Crippen LogP contribution < -0.4 is 10.6 Å². The molecule has 0 fully saturated rings. The molecule has 108 valence electrons. The zero-order valence-electron chi connectivity index (χ0n) is 11.6. The summed E-state index contributed by atoms with van der Waals surface area (Å²) in [6.45, 7) is 3.29. The van der Waals surface area contributed by atoms with Gasteiger partial charge in [0.1, 0.15) is 0 Å². The van der Waals surface area contributed by atoms with Crippen molar-refractivity contribution in [1.82, 2.24) is 4.98 Å². The average molecular weight is 304 g/mol. The highest BCUT2D eigenvalue weighted by molar-refractivity contribution is 6.34. The largest absolute Gasteiger partial charge is 0.326 e. The normalized spacial score (nSPS) is 10.0. The Balaban J connectivity index is 2.17. The number of carbonyl (C=O) groups is 2. The third kappa shape index (κ3) is 3.79. The lowest BCUT2D eigenvalue weighted by Crippen LogP contribution is -2.13. The second kappa shape index (κ2) is 6.37. The highest BCUT2D eigenvalue weighted by Crippen LogP contribution is 2.21. The van der Waals surface area contributed by atoms with E-state index in [4.69, 9.17) is 11.6 Å². The molecule has 2 amide bonds. The van der Waals surface area contributed by atoms with Gasteiger partial charge in [-0.05, 0) is 36.8 Å². The zero-order chi connectivity index (χ0) is 15.4. The Morgan fingerprint density at radius 3 is 2.57 bits per heavy atom. The summed E-state index contributed by atoms with van der Waals surface area (Å²) in [5, 5.41) is 5.76. The van der Waals surface area contributed by atoms with Crippen molar-refractivity contribution in [1.29, 1.82) is 0 Å². The molecule has 2 rings (SSSR count). The van der Waals surface area contributed by atoms with Gasteiger partial charge in [-0.1, -0.05) is 11.6 Å². The molecule has 1 aromatic heterocycles. The molecule has 0 bridgehead atoms. The van der Waals surface area contributed by atoms with Crippen molar-refractivity contribution in [3.8, 4) is 0 Å². The minimum atomic E-state index is -0.311. The first kappa shape index (κ1) is 15.0. The molecule has 0 atom stereocenters. The van der Waals surface area contributed by atoms with Gasteiger partial charge < -0.3 is 10.6 Å². The summed E-state index contributed by atoms with van der Waals surface area (Å²) in [7, 11) is 0. The third-order valence-electron chi connectivity index (χ3n) is 2.81. The molecular weight excluding hydrogens is 290 g/mol. The van der Waals surface area contributed by atoms with Gasteiger partial charge in [0.05, 0.1) is 10.6 Å².